The van der Waals surface area contributed by atoms with Gasteiger partial charge in [0, 0.05) is 6.04 Å². The van der Waals surface area contributed by atoms with E-state index in [-0.39, 0.29) is 18.7 Å². The molecule has 1 aliphatic carbocycles. The molecule has 2 rings (SSSR count). The summed E-state index contributed by atoms with van der Waals surface area (Å²) in [4.78, 5) is 15.3. The lowest BCUT2D eigenvalue weighted by Crippen LogP contribution is -2.43. The highest BCUT2D eigenvalue weighted by atomic mass is 19.4. The fraction of sp³-hybridized carbons (Fsp3) is 0.538. The molecule has 1 fully saturated rings. The van der Waals surface area contributed by atoms with Crippen LogP contribution in [0, 0.1) is 11.7 Å². The summed E-state index contributed by atoms with van der Waals surface area (Å²) in [6, 6.07) is 1.24. The monoisotopic (exact) mass is 305 g/mol. The number of nitrogens with zero attached hydrogens (tertiary/aromatic N) is 1. The van der Waals surface area contributed by atoms with Crippen LogP contribution in [0.1, 0.15) is 25.7 Å². The van der Waals surface area contributed by atoms with Gasteiger partial charge >= 0.3 is 12.2 Å². The average molecular weight is 305 g/mol. The van der Waals surface area contributed by atoms with Crippen molar-refractivity contribution in [2.24, 2.45) is 5.92 Å². The minimum Gasteiger partial charge on any atom is -0.335 e. The first-order valence-corrected chi connectivity index (χ1v) is 6.60. The number of carbonyl (C=O) groups is 1. The quantitative estimate of drug-likeness (QED) is 0.822. The summed E-state index contributed by atoms with van der Waals surface area (Å²) in [5, 5.41) is 4.86. The molecular weight excluding hydrogens is 290 g/mol. The third-order valence-corrected chi connectivity index (χ3v) is 3.44. The topological polar surface area (TPSA) is 54.0 Å². The second kappa shape index (κ2) is 6.28. The molecule has 1 aliphatic rings. The summed E-state index contributed by atoms with van der Waals surface area (Å²) in [5.74, 6) is -1.78. The second-order valence-corrected chi connectivity index (χ2v) is 5.06. The molecule has 0 bridgehead atoms. The number of urea groups is 1. The van der Waals surface area contributed by atoms with E-state index in [1.807, 2.05) is 0 Å². The molecule has 1 aromatic heterocycles. The lowest BCUT2D eigenvalue weighted by atomic mass is 9.85. The Morgan fingerprint density at radius 3 is 2.67 bits per heavy atom. The van der Waals surface area contributed by atoms with Crippen LogP contribution in [-0.2, 0) is 0 Å². The number of pyridine rings is 1. The number of carbonyl (C=O) groups excluding carboxylic acids is 1. The number of alkyl halides is 3. The Labute approximate surface area is 118 Å². The highest BCUT2D eigenvalue weighted by molar-refractivity contribution is 5.88. The third kappa shape index (κ3) is 4.57. The van der Waals surface area contributed by atoms with Crippen molar-refractivity contribution >= 4 is 11.8 Å². The first-order valence-electron chi connectivity index (χ1n) is 6.60. The maximum atomic E-state index is 12.7. The van der Waals surface area contributed by atoms with E-state index in [0.29, 0.717) is 12.8 Å². The van der Waals surface area contributed by atoms with Crippen molar-refractivity contribution in [2.75, 3.05) is 5.32 Å². The standard InChI is InChI=1S/C13H15F4N3O/c14-9-4-5-11(18-7-9)20-12(21)19-10-3-1-2-8(6-10)13(15,16)17/h4-5,7-8,10H,1-3,6H2,(H2,18,19,20,21)/t8-,10+/m0/s1. The van der Waals surface area contributed by atoms with Gasteiger partial charge in [0.25, 0.3) is 0 Å². The molecular formula is C13H15F4N3O. The highest BCUT2D eigenvalue weighted by Gasteiger charge is 2.42. The van der Waals surface area contributed by atoms with Crippen molar-refractivity contribution in [3.63, 3.8) is 0 Å². The van der Waals surface area contributed by atoms with Gasteiger partial charge in [0.05, 0.1) is 12.1 Å². The molecule has 2 N–H and O–H groups in total. The molecule has 2 amide bonds. The van der Waals surface area contributed by atoms with Crippen LogP contribution < -0.4 is 10.6 Å². The van der Waals surface area contributed by atoms with E-state index in [1.54, 1.807) is 0 Å². The number of halogens is 4. The SMILES string of the molecule is O=C(Nc1ccc(F)cn1)N[C@@H]1CCC[C@H](C(F)(F)F)C1. The van der Waals surface area contributed by atoms with Crippen molar-refractivity contribution in [1.82, 2.24) is 10.3 Å². The fourth-order valence-corrected chi connectivity index (χ4v) is 2.41. The zero-order valence-electron chi connectivity index (χ0n) is 11.1. The molecule has 0 saturated heterocycles. The van der Waals surface area contributed by atoms with E-state index in [4.69, 9.17) is 0 Å². The third-order valence-electron chi connectivity index (χ3n) is 3.44. The van der Waals surface area contributed by atoms with Gasteiger partial charge in [0.15, 0.2) is 0 Å². The van der Waals surface area contributed by atoms with Crippen molar-refractivity contribution in [3.05, 3.63) is 24.1 Å². The van der Waals surface area contributed by atoms with Crippen molar-refractivity contribution in [1.29, 1.82) is 0 Å². The van der Waals surface area contributed by atoms with Crippen LogP contribution in [0.4, 0.5) is 28.2 Å². The molecule has 1 heterocycles. The summed E-state index contributed by atoms with van der Waals surface area (Å²) in [6.07, 6.45) is -2.37. The van der Waals surface area contributed by atoms with Crippen molar-refractivity contribution in [2.45, 2.75) is 37.9 Å². The molecule has 116 valence electrons. The number of hydrogen-bond acceptors (Lipinski definition) is 2. The maximum Gasteiger partial charge on any atom is 0.391 e. The van der Waals surface area contributed by atoms with E-state index >= 15 is 0 Å². The van der Waals surface area contributed by atoms with E-state index in [0.717, 1.165) is 12.3 Å². The van der Waals surface area contributed by atoms with Gasteiger partial charge in [-0.05, 0) is 31.4 Å². The van der Waals surface area contributed by atoms with Gasteiger partial charge in [-0.3, -0.25) is 5.32 Å². The molecule has 1 aromatic rings. The minimum atomic E-state index is -4.23. The van der Waals surface area contributed by atoms with Crippen LogP contribution in [0.3, 0.4) is 0 Å². The Bertz CT molecular complexity index is 489. The van der Waals surface area contributed by atoms with E-state index in [9.17, 15) is 22.4 Å². The van der Waals surface area contributed by atoms with Gasteiger partial charge in [-0.2, -0.15) is 13.2 Å². The van der Waals surface area contributed by atoms with Gasteiger partial charge in [-0.25, -0.2) is 14.2 Å². The van der Waals surface area contributed by atoms with Gasteiger partial charge in [0.1, 0.15) is 11.6 Å². The molecule has 0 radical (unpaired) electrons. The summed E-state index contributed by atoms with van der Waals surface area (Å²) >= 11 is 0. The summed E-state index contributed by atoms with van der Waals surface area (Å²) in [7, 11) is 0. The number of rotatable bonds is 2. The normalized spacial score (nSPS) is 22.7. The summed E-state index contributed by atoms with van der Waals surface area (Å²) in [6.45, 7) is 0. The lowest BCUT2D eigenvalue weighted by molar-refractivity contribution is -0.183. The number of anilines is 1. The molecule has 0 spiro atoms. The van der Waals surface area contributed by atoms with Crippen LogP contribution in [-0.4, -0.2) is 23.2 Å². The van der Waals surface area contributed by atoms with Crippen LogP contribution in [0.2, 0.25) is 0 Å². The van der Waals surface area contributed by atoms with E-state index in [2.05, 4.69) is 15.6 Å². The highest BCUT2D eigenvalue weighted by Crippen LogP contribution is 2.37. The Hall–Kier alpha value is -1.86. The maximum absolute atomic E-state index is 12.7. The predicted octanol–water partition coefficient (Wildman–Crippen LogP) is 3.46. The van der Waals surface area contributed by atoms with Crippen molar-refractivity contribution in [3.8, 4) is 0 Å². The van der Waals surface area contributed by atoms with Gasteiger partial charge in [-0.15, -0.1) is 0 Å². The molecule has 1 saturated carbocycles. The number of amides is 2. The molecule has 4 nitrogen and oxygen atoms in total. The Balaban J connectivity index is 1.86. The average Bonchev–Trinajstić information content (AvgIpc) is 2.41. The number of nitrogens with one attached hydrogen (secondary N) is 2. The zero-order valence-corrected chi connectivity index (χ0v) is 11.1. The molecule has 0 aliphatic heterocycles. The molecule has 0 aromatic carbocycles. The zero-order chi connectivity index (χ0) is 15.5. The predicted molar refractivity (Wildman–Crippen MR) is 68.2 cm³/mol. The molecule has 21 heavy (non-hydrogen) atoms. The Morgan fingerprint density at radius 2 is 2.05 bits per heavy atom. The molecule has 0 unspecified atom stereocenters. The molecule has 2 atom stereocenters. The van der Waals surface area contributed by atoms with E-state index in [1.165, 1.54) is 6.07 Å². The van der Waals surface area contributed by atoms with Gasteiger partial charge < -0.3 is 5.32 Å². The minimum absolute atomic E-state index is 0.100. The molecule has 8 heteroatoms. The van der Waals surface area contributed by atoms with Gasteiger partial charge in [-0.1, -0.05) is 6.42 Å². The van der Waals surface area contributed by atoms with Crippen LogP contribution in [0.5, 0.6) is 0 Å². The van der Waals surface area contributed by atoms with E-state index < -0.39 is 30.0 Å². The Kier molecular flexibility index (Phi) is 4.64. The van der Waals surface area contributed by atoms with Crippen LogP contribution in [0.25, 0.3) is 0 Å². The smallest absolute Gasteiger partial charge is 0.335 e. The number of aromatic nitrogens is 1. The Morgan fingerprint density at radius 1 is 1.29 bits per heavy atom. The lowest BCUT2D eigenvalue weighted by Gasteiger charge is -2.30. The fourth-order valence-electron chi connectivity index (χ4n) is 2.41. The first kappa shape index (κ1) is 15.5. The van der Waals surface area contributed by atoms with Crippen LogP contribution in [0.15, 0.2) is 18.3 Å². The number of hydrogen-bond donors (Lipinski definition) is 2. The van der Waals surface area contributed by atoms with Gasteiger partial charge in [0.2, 0.25) is 0 Å². The first-order chi connectivity index (χ1) is 9.84. The second-order valence-electron chi connectivity index (χ2n) is 5.06. The largest absolute Gasteiger partial charge is 0.391 e. The summed E-state index contributed by atoms with van der Waals surface area (Å²) in [5.41, 5.74) is 0. The summed E-state index contributed by atoms with van der Waals surface area (Å²) < 4.78 is 50.6. The van der Waals surface area contributed by atoms with Crippen molar-refractivity contribution < 1.29 is 22.4 Å². The van der Waals surface area contributed by atoms with Crippen LogP contribution >= 0.6 is 0 Å².